The molecule has 0 amide bonds. The smallest absolute Gasteiger partial charge is 0.240 e. The van der Waals surface area contributed by atoms with Crippen molar-refractivity contribution in [3.8, 4) is 0 Å². The number of aryl methyl sites for hydroxylation is 1. The van der Waals surface area contributed by atoms with E-state index in [-0.39, 0.29) is 17.1 Å². The third kappa shape index (κ3) is 4.22. The van der Waals surface area contributed by atoms with Crippen molar-refractivity contribution < 1.29 is 33.6 Å². The average Bonchev–Trinajstić information content (AvgIpc) is 3.14. The van der Waals surface area contributed by atoms with Gasteiger partial charge in [0.15, 0.2) is 6.23 Å². The summed E-state index contributed by atoms with van der Waals surface area (Å²) in [5.41, 5.74) is 1.18. The Morgan fingerprint density at radius 3 is 2.46 bits per heavy atom. The van der Waals surface area contributed by atoms with Gasteiger partial charge in [-0.15, -0.1) is 5.10 Å². The zero-order valence-corrected chi connectivity index (χ0v) is 15.8. The highest BCUT2D eigenvalue weighted by Crippen LogP contribution is 2.27. The van der Waals surface area contributed by atoms with E-state index in [1.807, 2.05) is 6.92 Å². The molecule has 1 aliphatic heterocycles. The third-order valence-corrected chi connectivity index (χ3v) is 5.88. The number of rotatable bonds is 6. The highest BCUT2D eigenvalue weighted by molar-refractivity contribution is 7.89. The van der Waals surface area contributed by atoms with Crippen molar-refractivity contribution in [3.63, 3.8) is 0 Å². The van der Waals surface area contributed by atoms with Crippen molar-refractivity contribution >= 4 is 10.0 Å². The minimum Gasteiger partial charge on any atom is -0.394 e. The van der Waals surface area contributed by atoms with Gasteiger partial charge in [0.1, 0.15) is 24.4 Å². The van der Waals surface area contributed by atoms with Crippen LogP contribution in [0.3, 0.4) is 0 Å². The normalized spacial score (nSPS) is 28.4. The highest BCUT2D eigenvalue weighted by Gasteiger charge is 2.44. The second-order valence-electron chi connectivity index (χ2n) is 6.55. The van der Waals surface area contributed by atoms with Crippen LogP contribution in [-0.2, 0) is 21.3 Å². The van der Waals surface area contributed by atoms with Crippen LogP contribution >= 0.6 is 0 Å². The summed E-state index contributed by atoms with van der Waals surface area (Å²) in [6.07, 6.45) is -5.51. The van der Waals surface area contributed by atoms with Crippen LogP contribution in [0.15, 0.2) is 35.4 Å². The Hall–Kier alpha value is -1.93. The molecule has 5 atom stereocenters. The zero-order chi connectivity index (χ0) is 20.5. The molecule has 3 rings (SSSR count). The Morgan fingerprint density at radius 1 is 1.14 bits per heavy atom. The van der Waals surface area contributed by atoms with Gasteiger partial charge in [-0.2, -0.15) is 0 Å². The number of aromatic nitrogens is 3. The van der Waals surface area contributed by atoms with Crippen molar-refractivity contribution in [1.82, 2.24) is 19.7 Å². The van der Waals surface area contributed by atoms with Gasteiger partial charge in [0, 0.05) is 0 Å². The van der Waals surface area contributed by atoms with Gasteiger partial charge in [-0.1, -0.05) is 22.9 Å². The van der Waals surface area contributed by atoms with E-state index in [1.165, 1.54) is 18.3 Å². The van der Waals surface area contributed by atoms with Crippen molar-refractivity contribution in [3.05, 3.63) is 41.7 Å². The number of sulfonamides is 1. The summed E-state index contributed by atoms with van der Waals surface area (Å²) in [5, 5.41) is 46.6. The molecule has 0 spiro atoms. The largest absolute Gasteiger partial charge is 0.394 e. The first-order valence-corrected chi connectivity index (χ1v) is 9.99. The molecule has 0 saturated carbocycles. The first kappa shape index (κ1) is 20.8. The fraction of sp³-hybridized carbons (Fsp3) is 0.500. The number of hydrogen-bond donors (Lipinski definition) is 5. The minimum atomic E-state index is -3.74. The number of hydrogen-bond acceptors (Lipinski definition) is 9. The lowest BCUT2D eigenvalue weighted by Gasteiger charge is -2.39. The molecule has 1 aromatic heterocycles. The number of aliphatic hydroxyl groups excluding tert-OH is 4. The predicted molar refractivity (Wildman–Crippen MR) is 94.2 cm³/mol. The highest BCUT2D eigenvalue weighted by atomic mass is 32.2. The molecule has 0 bridgehead atoms. The Morgan fingerprint density at radius 2 is 1.82 bits per heavy atom. The Balaban J connectivity index is 1.69. The summed E-state index contributed by atoms with van der Waals surface area (Å²) < 4.78 is 33.5. The Bertz CT molecular complexity index is 900. The number of nitrogens with zero attached hydrogens (tertiary/aromatic N) is 3. The lowest BCUT2D eigenvalue weighted by Crippen LogP contribution is -2.56. The van der Waals surface area contributed by atoms with Gasteiger partial charge in [-0.25, -0.2) is 17.8 Å². The summed E-state index contributed by atoms with van der Waals surface area (Å²) in [6, 6.07) is 6.35. The van der Waals surface area contributed by atoms with Gasteiger partial charge >= 0.3 is 0 Å². The minimum absolute atomic E-state index is 0.111. The van der Waals surface area contributed by atoms with Gasteiger partial charge in [0.2, 0.25) is 10.0 Å². The van der Waals surface area contributed by atoms with Crippen LogP contribution in [0.4, 0.5) is 0 Å². The molecule has 12 heteroatoms. The molecule has 154 valence electrons. The van der Waals surface area contributed by atoms with E-state index >= 15 is 0 Å². The van der Waals surface area contributed by atoms with Crippen LogP contribution in [0.1, 0.15) is 17.5 Å². The molecule has 2 aromatic rings. The SMILES string of the molecule is Cc1ccc(S(=O)(=O)NCc2cn([C@@H]3O[C@H](CO)[C@@H](O)[C@H](O)[C@H]3O)nn2)cc1. The van der Waals surface area contributed by atoms with Crippen molar-refractivity contribution in [2.45, 2.75) is 49.0 Å². The molecule has 1 fully saturated rings. The summed E-state index contributed by atoms with van der Waals surface area (Å²) in [5.74, 6) is 0. The molecule has 5 N–H and O–H groups in total. The molecular weight excluding hydrogens is 392 g/mol. The van der Waals surface area contributed by atoms with Crippen LogP contribution in [0.5, 0.6) is 0 Å². The van der Waals surface area contributed by atoms with Crippen molar-refractivity contribution in [2.75, 3.05) is 6.61 Å². The second kappa shape index (κ2) is 8.21. The van der Waals surface area contributed by atoms with Crippen LogP contribution in [0.25, 0.3) is 0 Å². The Kier molecular flexibility index (Phi) is 6.09. The monoisotopic (exact) mass is 414 g/mol. The van der Waals surface area contributed by atoms with Gasteiger partial charge in [-0.3, -0.25) is 0 Å². The maximum Gasteiger partial charge on any atom is 0.240 e. The molecule has 0 aliphatic carbocycles. The van der Waals surface area contributed by atoms with E-state index < -0.39 is 47.3 Å². The lowest BCUT2D eigenvalue weighted by atomic mass is 9.98. The maximum absolute atomic E-state index is 12.3. The Labute approximate surface area is 161 Å². The number of aliphatic hydroxyl groups is 4. The van der Waals surface area contributed by atoms with Crippen LogP contribution in [0, 0.1) is 6.92 Å². The van der Waals surface area contributed by atoms with Gasteiger partial charge < -0.3 is 25.2 Å². The molecule has 0 radical (unpaired) electrons. The number of ether oxygens (including phenoxy) is 1. The maximum atomic E-state index is 12.3. The fourth-order valence-corrected chi connectivity index (χ4v) is 3.79. The summed E-state index contributed by atoms with van der Waals surface area (Å²) >= 11 is 0. The van der Waals surface area contributed by atoms with E-state index in [1.54, 1.807) is 12.1 Å². The molecule has 11 nitrogen and oxygen atoms in total. The third-order valence-electron chi connectivity index (χ3n) is 4.46. The van der Waals surface area contributed by atoms with Crippen LogP contribution in [-0.4, -0.2) is 74.9 Å². The van der Waals surface area contributed by atoms with E-state index in [0.29, 0.717) is 0 Å². The molecular formula is C16H22N4O7S. The van der Waals surface area contributed by atoms with E-state index in [4.69, 9.17) is 4.74 Å². The topological polar surface area (TPSA) is 167 Å². The summed E-state index contributed by atoms with van der Waals surface area (Å²) in [6.45, 7) is 1.12. The van der Waals surface area contributed by atoms with E-state index in [0.717, 1.165) is 10.2 Å². The van der Waals surface area contributed by atoms with E-state index in [9.17, 15) is 28.8 Å². The number of benzene rings is 1. The molecule has 2 heterocycles. The lowest BCUT2D eigenvalue weighted by molar-refractivity contribution is -0.254. The predicted octanol–water partition coefficient (Wildman–Crippen LogP) is -1.96. The van der Waals surface area contributed by atoms with E-state index in [2.05, 4.69) is 15.0 Å². The molecule has 0 unspecified atom stereocenters. The fourth-order valence-electron chi connectivity index (χ4n) is 2.79. The van der Waals surface area contributed by atoms with Crippen LogP contribution in [0.2, 0.25) is 0 Å². The summed E-state index contributed by atoms with van der Waals surface area (Å²) in [4.78, 5) is 0.111. The molecule has 1 aliphatic rings. The first-order chi connectivity index (χ1) is 13.2. The second-order valence-corrected chi connectivity index (χ2v) is 8.31. The zero-order valence-electron chi connectivity index (χ0n) is 15.0. The standard InChI is InChI=1S/C16H22N4O7S/c1-9-2-4-11(5-3-9)28(25,26)17-6-10-7-20(19-18-10)16-15(24)14(23)13(22)12(8-21)27-16/h2-5,7,12-17,21-24H,6,8H2,1H3/t12-,13-,14+,15-,16-/m1/s1. The van der Waals surface area contributed by atoms with Crippen LogP contribution < -0.4 is 4.72 Å². The average molecular weight is 414 g/mol. The molecule has 1 aromatic carbocycles. The van der Waals surface area contributed by atoms with Gasteiger partial charge in [-0.05, 0) is 19.1 Å². The van der Waals surface area contributed by atoms with Crippen molar-refractivity contribution in [1.29, 1.82) is 0 Å². The number of nitrogens with one attached hydrogen (secondary N) is 1. The van der Waals surface area contributed by atoms with Crippen molar-refractivity contribution in [2.24, 2.45) is 0 Å². The van der Waals surface area contributed by atoms with Gasteiger partial charge in [0.25, 0.3) is 0 Å². The molecule has 28 heavy (non-hydrogen) atoms. The first-order valence-electron chi connectivity index (χ1n) is 8.50. The quantitative estimate of drug-likeness (QED) is 0.360. The van der Waals surface area contributed by atoms with Gasteiger partial charge in [0.05, 0.1) is 29.9 Å². The summed E-state index contributed by atoms with van der Waals surface area (Å²) in [7, 11) is -3.74. The molecule has 1 saturated heterocycles.